The molecule has 2 aromatic carbocycles. The second-order valence-electron chi connectivity index (χ2n) is 7.63. The second-order valence-corrected chi connectivity index (χ2v) is 7.63. The highest BCUT2D eigenvalue weighted by molar-refractivity contribution is 5.91. The molecule has 0 bridgehead atoms. The largest absolute Gasteiger partial charge is 0.494 e. The lowest BCUT2D eigenvalue weighted by Gasteiger charge is -2.09. The number of benzene rings is 2. The highest BCUT2D eigenvalue weighted by Gasteiger charge is 2.09. The van der Waals surface area contributed by atoms with E-state index in [1.165, 1.54) is 25.7 Å². The topological polar surface area (TPSA) is 44.8 Å². The summed E-state index contributed by atoms with van der Waals surface area (Å²) >= 11 is 0. The first kappa shape index (κ1) is 24.5. The molecule has 0 heterocycles. The first-order valence-corrected chi connectivity index (χ1v) is 11.5. The molecule has 4 heteroatoms. The van der Waals surface area contributed by atoms with Gasteiger partial charge in [0, 0.05) is 0 Å². The molecule has 2 aromatic rings. The molecule has 168 valence electrons. The van der Waals surface area contributed by atoms with Crippen LogP contribution in [0.5, 0.6) is 17.2 Å². The van der Waals surface area contributed by atoms with E-state index in [2.05, 4.69) is 13.5 Å². The Bertz CT molecular complexity index is 750. The van der Waals surface area contributed by atoms with Gasteiger partial charge in [-0.2, -0.15) is 0 Å². The van der Waals surface area contributed by atoms with Crippen molar-refractivity contribution in [3.8, 4) is 17.2 Å². The van der Waals surface area contributed by atoms with Crippen LogP contribution >= 0.6 is 0 Å². The molecule has 2 rings (SSSR count). The van der Waals surface area contributed by atoms with E-state index in [1.54, 1.807) is 36.4 Å². The standard InChI is InChI=1S/C27H36O4/c1-3-5-7-8-9-10-12-22-30-25-17-19-26(20-18-25)31-27(28)23-13-15-24(16-14-23)29-21-11-6-4-2/h3,13-20H,1,4-12,21-22H2,2H3. The Morgan fingerprint density at radius 3 is 1.87 bits per heavy atom. The molecule has 0 radical (unpaired) electrons. The van der Waals surface area contributed by atoms with Crippen LogP contribution in [0.2, 0.25) is 0 Å². The number of hydrogen-bond donors (Lipinski definition) is 0. The Hall–Kier alpha value is -2.75. The number of esters is 1. The van der Waals surface area contributed by atoms with Gasteiger partial charge in [0.2, 0.25) is 0 Å². The third-order valence-corrected chi connectivity index (χ3v) is 4.96. The van der Waals surface area contributed by atoms with Crippen molar-refractivity contribution in [2.75, 3.05) is 13.2 Å². The minimum Gasteiger partial charge on any atom is -0.494 e. The molecule has 0 aromatic heterocycles. The van der Waals surface area contributed by atoms with E-state index >= 15 is 0 Å². The van der Waals surface area contributed by atoms with Crippen LogP contribution < -0.4 is 14.2 Å². The molecule has 0 amide bonds. The fourth-order valence-electron chi connectivity index (χ4n) is 3.11. The quantitative estimate of drug-likeness (QED) is 0.122. The summed E-state index contributed by atoms with van der Waals surface area (Å²) < 4.78 is 16.9. The van der Waals surface area contributed by atoms with Gasteiger partial charge in [0.1, 0.15) is 17.2 Å². The Balaban J connectivity index is 1.68. The monoisotopic (exact) mass is 424 g/mol. The van der Waals surface area contributed by atoms with E-state index in [0.29, 0.717) is 24.5 Å². The molecular formula is C27H36O4. The summed E-state index contributed by atoms with van der Waals surface area (Å²) in [5, 5.41) is 0. The molecule has 0 atom stereocenters. The summed E-state index contributed by atoms with van der Waals surface area (Å²) in [6.45, 7) is 7.30. The predicted octanol–water partition coefficient (Wildman–Crippen LogP) is 7.38. The van der Waals surface area contributed by atoms with E-state index < -0.39 is 0 Å². The fourth-order valence-corrected chi connectivity index (χ4v) is 3.11. The maximum Gasteiger partial charge on any atom is 0.343 e. The minimum absolute atomic E-state index is 0.386. The number of allylic oxidation sites excluding steroid dienone is 1. The van der Waals surface area contributed by atoms with E-state index in [4.69, 9.17) is 14.2 Å². The van der Waals surface area contributed by atoms with E-state index in [1.807, 2.05) is 18.2 Å². The number of unbranched alkanes of at least 4 members (excludes halogenated alkanes) is 7. The van der Waals surface area contributed by atoms with Gasteiger partial charge in [0.15, 0.2) is 0 Å². The van der Waals surface area contributed by atoms with Gasteiger partial charge in [-0.3, -0.25) is 0 Å². The number of hydrogen-bond acceptors (Lipinski definition) is 4. The average Bonchev–Trinajstić information content (AvgIpc) is 2.80. The SMILES string of the molecule is C=CCCCCCCCOc1ccc(OC(=O)c2ccc(OCCCCC)cc2)cc1. The third-order valence-electron chi connectivity index (χ3n) is 4.96. The zero-order valence-electron chi connectivity index (χ0n) is 18.8. The molecule has 0 N–H and O–H groups in total. The lowest BCUT2D eigenvalue weighted by atomic mass is 10.1. The van der Waals surface area contributed by atoms with Crippen molar-refractivity contribution in [3.63, 3.8) is 0 Å². The smallest absolute Gasteiger partial charge is 0.343 e. The van der Waals surface area contributed by atoms with Gasteiger partial charge < -0.3 is 14.2 Å². The summed E-state index contributed by atoms with van der Waals surface area (Å²) in [7, 11) is 0. The highest BCUT2D eigenvalue weighted by Crippen LogP contribution is 2.20. The van der Waals surface area contributed by atoms with E-state index in [-0.39, 0.29) is 5.97 Å². The van der Waals surface area contributed by atoms with Gasteiger partial charge in [0.05, 0.1) is 18.8 Å². The molecule has 0 aliphatic heterocycles. The summed E-state index contributed by atoms with van der Waals surface area (Å²) in [6.07, 6.45) is 12.4. The van der Waals surface area contributed by atoms with Crippen LogP contribution in [-0.2, 0) is 0 Å². The van der Waals surface area contributed by atoms with E-state index in [0.717, 1.165) is 43.6 Å². The third kappa shape index (κ3) is 10.2. The van der Waals surface area contributed by atoms with Crippen molar-refractivity contribution < 1.29 is 19.0 Å². The van der Waals surface area contributed by atoms with Crippen molar-refractivity contribution in [3.05, 3.63) is 66.7 Å². The van der Waals surface area contributed by atoms with Crippen LogP contribution in [0.4, 0.5) is 0 Å². The van der Waals surface area contributed by atoms with Gasteiger partial charge in [-0.25, -0.2) is 4.79 Å². The van der Waals surface area contributed by atoms with Crippen LogP contribution in [0.25, 0.3) is 0 Å². The maximum atomic E-state index is 12.3. The zero-order chi connectivity index (χ0) is 22.2. The lowest BCUT2D eigenvalue weighted by Crippen LogP contribution is -2.08. The Morgan fingerprint density at radius 1 is 0.742 bits per heavy atom. The summed E-state index contributed by atoms with van der Waals surface area (Å²) in [5.74, 6) is 1.67. The molecule has 0 saturated carbocycles. The van der Waals surface area contributed by atoms with Gasteiger partial charge in [0.25, 0.3) is 0 Å². The first-order chi connectivity index (χ1) is 15.2. The molecule has 0 aliphatic carbocycles. The van der Waals surface area contributed by atoms with Gasteiger partial charge in [-0.05, 0) is 74.2 Å². The molecule has 4 nitrogen and oxygen atoms in total. The average molecular weight is 425 g/mol. The van der Waals surface area contributed by atoms with Crippen molar-refractivity contribution in [2.45, 2.75) is 64.7 Å². The van der Waals surface area contributed by atoms with Crippen molar-refractivity contribution >= 4 is 5.97 Å². The Kier molecular flexibility index (Phi) is 12.0. The summed E-state index contributed by atoms with van der Waals surface area (Å²) in [5.41, 5.74) is 0.495. The van der Waals surface area contributed by atoms with Gasteiger partial charge in [-0.15, -0.1) is 6.58 Å². The molecule has 31 heavy (non-hydrogen) atoms. The summed E-state index contributed by atoms with van der Waals surface area (Å²) in [4.78, 5) is 12.3. The van der Waals surface area contributed by atoms with Crippen LogP contribution in [0.15, 0.2) is 61.2 Å². The number of rotatable bonds is 16. The predicted molar refractivity (Wildman–Crippen MR) is 126 cm³/mol. The second kappa shape index (κ2) is 15.1. The van der Waals surface area contributed by atoms with Crippen molar-refractivity contribution in [1.82, 2.24) is 0 Å². The lowest BCUT2D eigenvalue weighted by molar-refractivity contribution is 0.0734. The number of ether oxygens (including phenoxy) is 3. The number of carbonyl (C=O) groups excluding carboxylic acids is 1. The Morgan fingerprint density at radius 2 is 1.26 bits per heavy atom. The summed E-state index contributed by atoms with van der Waals surface area (Å²) in [6, 6.07) is 14.2. The van der Waals surface area contributed by atoms with Crippen LogP contribution in [0.1, 0.15) is 75.1 Å². The zero-order valence-corrected chi connectivity index (χ0v) is 18.8. The van der Waals surface area contributed by atoms with Crippen molar-refractivity contribution in [1.29, 1.82) is 0 Å². The van der Waals surface area contributed by atoms with Crippen LogP contribution in [-0.4, -0.2) is 19.2 Å². The molecule has 0 fully saturated rings. The number of carbonyl (C=O) groups is 1. The normalized spacial score (nSPS) is 10.5. The molecule has 0 saturated heterocycles. The molecule has 0 unspecified atom stereocenters. The van der Waals surface area contributed by atoms with Gasteiger partial charge >= 0.3 is 5.97 Å². The molecule has 0 spiro atoms. The minimum atomic E-state index is -0.386. The van der Waals surface area contributed by atoms with Crippen molar-refractivity contribution in [2.24, 2.45) is 0 Å². The molecule has 0 aliphatic rings. The maximum absolute atomic E-state index is 12.3. The van der Waals surface area contributed by atoms with Gasteiger partial charge in [-0.1, -0.05) is 45.1 Å². The molecular weight excluding hydrogens is 388 g/mol. The Labute approximate surface area is 187 Å². The fraction of sp³-hybridized carbons (Fsp3) is 0.444. The first-order valence-electron chi connectivity index (χ1n) is 11.5. The van der Waals surface area contributed by atoms with Crippen LogP contribution in [0.3, 0.4) is 0 Å². The van der Waals surface area contributed by atoms with Crippen LogP contribution in [0, 0.1) is 0 Å². The highest BCUT2D eigenvalue weighted by atomic mass is 16.5. The van der Waals surface area contributed by atoms with E-state index in [9.17, 15) is 4.79 Å².